The molecular formula is C15H28IN5O2S2. The predicted molar refractivity (Wildman–Crippen MR) is 114 cm³/mol. The lowest BCUT2D eigenvalue weighted by Gasteiger charge is -2.31. The van der Waals surface area contributed by atoms with Crippen LogP contribution in [0, 0.1) is 12.8 Å². The van der Waals surface area contributed by atoms with Gasteiger partial charge in [-0.05, 0) is 25.7 Å². The Balaban J connectivity index is 0.00000312. The van der Waals surface area contributed by atoms with E-state index in [1.165, 1.54) is 6.26 Å². The van der Waals surface area contributed by atoms with Gasteiger partial charge in [-0.2, -0.15) is 0 Å². The average Bonchev–Trinajstić information content (AvgIpc) is 2.92. The van der Waals surface area contributed by atoms with Crippen molar-refractivity contribution in [1.29, 1.82) is 0 Å². The zero-order valence-corrected chi connectivity index (χ0v) is 19.2. The molecule has 1 aliphatic rings. The fourth-order valence-electron chi connectivity index (χ4n) is 2.86. The number of nitrogens with one attached hydrogen (secondary N) is 1. The number of sulfonamides is 1. The summed E-state index contributed by atoms with van der Waals surface area (Å²) in [4.78, 5) is 10.9. The van der Waals surface area contributed by atoms with Gasteiger partial charge >= 0.3 is 0 Å². The highest BCUT2D eigenvalue weighted by Crippen LogP contribution is 2.18. The molecule has 0 atom stereocenters. The van der Waals surface area contributed by atoms with Gasteiger partial charge in [0.15, 0.2) is 5.96 Å². The standard InChI is InChI=1S/C15H27N5O2S2.HI/c1-12-18-14(11-23-12)10-19(3)15(16-2)17-9-13-5-7-20(8-6-13)24(4,21)22;/h11,13H,5-10H2,1-4H3,(H,16,17);1H. The number of rotatable bonds is 5. The van der Waals surface area contributed by atoms with Crippen LogP contribution >= 0.6 is 35.3 Å². The minimum atomic E-state index is -3.06. The second kappa shape index (κ2) is 10.0. The molecule has 1 aromatic rings. The molecule has 1 aromatic heterocycles. The largest absolute Gasteiger partial charge is 0.356 e. The summed E-state index contributed by atoms with van der Waals surface area (Å²) in [5.74, 6) is 1.31. The maximum Gasteiger partial charge on any atom is 0.211 e. The van der Waals surface area contributed by atoms with Crippen LogP contribution in [-0.2, 0) is 16.6 Å². The van der Waals surface area contributed by atoms with E-state index >= 15 is 0 Å². The van der Waals surface area contributed by atoms with Crippen molar-refractivity contribution in [1.82, 2.24) is 19.5 Å². The van der Waals surface area contributed by atoms with Crippen LogP contribution in [0.5, 0.6) is 0 Å². The van der Waals surface area contributed by atoms with Crippen molar-refractivity contribution in [3.8, 4) is 0 Å². The normalized spacial score (nSPS) is 17.2. The zero-order valence-electron chi connectivity index (χ0n) is 15.2. The summed E-state index contributed by atoms with van der Waals surface area (Å²) in [5.41, 5.74) is 1.05. The number of thiazole rings is 1. The first-order valence-corrected chi connectivity index (χ1v) is 10.8. The number of aromatic nitrogens is 1. The summed E-state index contributed by atoms with van der Waals surface area (Å²) < 4.78 is 24.7. The van der Waals surface area contributed by atoms with Crippen molar-refractivity contribution < 1.29 is 8.42 Å². The van der Waals surface area contributed by atoms with Gasteiger partial charge in [-0.1, -0.05) is 0 Å². The van der Waals surface area contributed by atoms with Gasteiger partial charge in [-0.3, -0.25) is 4.99 Å². The van der Waals surface area contributed by atoms with Gasteiger partial charge < -0.3 is 10.2 Å². The second-order valence-corrected chi connectivity index (χ2v) is 9.29. The number of halogens is 1. The first-order valence-electron chi connectivity index (χ1n) is 8.07. The van der Waals surface area contributed by atoms with Crippen LogP contribution in [0.1, 0.15) is 23.5 Å². The fourth-order valence-corrected chi connectivity index (χ4v) is 4.34. The third kappa shape index (κ3) is 6.99. The number of guanidine groups is 1. The molecule has 144 valence electrons. The highest BCUT2D eigenvalue weighted by molar-refractivity contribution is 14.0. The Bertz CT molecular complexity index is 669. The van der Waals surface area contributed by atoms with E-state index in [2.05, 4.69) is 25.6 Å². The van der Waals surface area contributed by atoms with Gasteiger partial charge in [0.1, 0.15) is 0 Å². The van der Waals surface area contributed by atoms with Gasteiger partial charge in [-0.25, -0.2) is 17.7 Å². The molecule has 0 radical (unpaired) electrons. The maximum absolute atomic E-state index is 11.5. The topological polar surface area (TPSA) is 77.9 Å². The third-order valence-electron chi connectivity index (χ3n) is 4.23. The lowest BCUT2D eigenvalue weighted by atomic mass is 9.98. The Labute approximate surface area is 172 Å². The number of aryl methyl sites for hydroxylation is 1. The summed E-state index contributed by atoms with van der Waals surface area (Å²) in [6.07, 6.45) is 3.04. The van der Waals surface area contributed by atoms with Gasteiger partial charge in [0.2, 0.25) is 10.0 Å². The molecule has 2 rings (SSSR count). The van der Waals surface area contributed by atoms with Crippen molar-refractivity contribution >= 4 is 51.3 Å². The van der Waals surface area contributed by atoms with E-state index in [4.69, 9.17) is 0 Å². The number of nitrogens with zero attached hydrogens (tertiary/aromatic N) is 4. The highest BCUT2D eigenvalue weighted by Gasteiger charge is 2.25. The summed E-state index contributed by atoms with van der Waals surface area (Å²) in [6.45, 7) is 4.75. The van der Waals surface area contributed by atoms with E-state index in [0.717, 1.165) is 42.6 Å². The lowest BCUT2D eigenvalue weighted by molar-refractivity contribution is 0.273. The van der Waals surface area contributed by atoms with Crippen LogP contribution in [0.4, 0.5) is 0 Å². The second-order valence-electron chi connectivity index (χ2n) is 6.25. The molecule has 0 bridgehead atoms. The number of piperidine rings is 1. The molecule has 7 nitrogen and oxygen atoms in total. The summed E-state index contributed by atoms with van der Waals surface area (Å²) >= 11 is 1.65. The van der Waals surface area contributed by atoms with Crippen LogP contribution in [0.25, 0.3) is 0 Å². The highest BCUT2D eigenvalue weighted by atomic mass is 127. The van der Waals surface area contributed by atoms with Crippen molar-refractivity contribution in [2.45, 2.75) is 26.3 Å². The first-order chi connectivity index (χ1) is 11.3. The van der Waals surface area contributed by atoms with Gasteiger partial charge in [-0.15, -0.1) is 35.3 Å². The summed E-state index contributed by atoms with van der Waals surface area (Å²) in [5, 5.41) is 6.54. The molecule has 1 aliphatic heterocycles. The average molecular weight is 501 g/mol. The molecule has 0 aliphatic carbocycles. The van der Waals surface area contributed by atoms with E-state index in [1.807, 2.05) is 14.0 Å². The molecule has 0 spiro atoms. The van der Waals surface area contributed by atoms with Crippen molar-refractivity contribution in [2.24, 2.45) is 10.9 Å². The van der Waals surface area contributed by atoms with Crippen LogP contribution in [0.15, 0.2) is 10.4 Å². The third-order valence-corrected chi connectivity index (χ3v) is 6.36. The van der Waals surface area contributed by atoms with Gasteiger partial charge in [0, 0.05) is 39.1 Å². The Morgan fingerprint density at radius 1 is 1.48 bits per heavy atom. The lowest BCUT2D eigenvalue weighted by Crippen LogP contribution is -2.44. The molecule has 0 aromatic carbocycles. The molecular weight excluding hydrogens is 473 g/mol. The van der Waals surface area contributed by atoms with Crippen molar-refractivity contribution in [3.63, 3.8) is 0 Å². The molecule has 1 N–H and O–H groups in total. The van der Waals surface area contributed by atoms with E-state index in [9.17, 15) is 8.42 Å². The molecule has 0 saturated carbocycles. The molecule has 10 heteroatoms. The fraction of sp³-hybridized carbons (Fsp3) is 0.733. The Hall–Kier alpha value is -0.460. The quantitative estimate of drug-likeness (QED) is 0.378. The summed E-state index contributed by atoms with van der Waals surface area (Å²) in [6, 6.07) is 0. The van der Waals surface area contributed by atoms with Crippen LogP contribution in [-0.4, -0.2) is 68.6 Å². The number of hydrogen-bond donors (Lipinski definition) is 1. The van der Waals surface area contributed by atoms with E-state index in [-0.39, 0.29) is 24.0 Å². The summed E-state index contributed by atoms with van der Waals surface area (Å²) in [7, 11) is 0.715. The maximum atomic E-state index is 11.5. The van der Waals surface area contributed by atoms with Gasteiger partial charge in [0.25, 0.3) is 0 Å². The van der Waals surface area contributed by atoms with Crippen molar-refractivity contribution in [2.75, 3.05) is 40.0 Å². The predicted octanol–water partition coefficient (Wildman–Crippen LogP) is 1.75. The number of hydrogen-bond acceptors (Lipinski definition) is 5. The van der Waals surface area contributed by atoms with E-state index in [0.29, 0.717) is 19.0 Å². The molecule has 2 heterocycles. The van der Waals surface area contributed by atoms with Crippen LogP contribution in [0.2, 0.25) is 0 Å². The van der Waals surface area contributed by atoms with Gasteiger partial charge in [0.05, 0.1) is 23.5 Å². The number of aliphatic imine (C=N–C) groups is 1. The minimum Gasteiger partial charge on any atom is -0.356 e. The van der Waals surface area contributed by atoms with Crippen LogP contribution in [0.3, 0.4) is 0 Å². The van der Waals surface area contributed by atoms with E-state index < -0.39 is 10.0 Å². The molecule has 1 saturated heterocycles. The molecule has 1 fully saturated rings. The van der Waals surface area contributed by atoms with E-state index in [1.54, 1.807) is 22.7 Å². The molecule has 0 amide bonds. The first kappa shape index (κ1) is 22.6. The van der Waals surface area contributed by atoms with Crippen LogP contribution < -0.4 is 5.32 Å². The Kier molecular flexibility index (Phi) is 9.05. The Morgan fingerprint density at radius 2 is 2.12 bits per heavy atom. The van der Waals surface area contributed by atoms with Crippen molar-refractivity contribution in [3.05, 3.63) is 16.1 Å². The molecule has 0 unspecified atom stereocenters. The minimum absolute atomic E-state index is 0. The zero-order chi connectivity index (χ0) is 17.7. The SMILES string of the molecule is CN=C(NCC1CCN(S(C)(=O)=O)CC1)N(C)Cc1csc(C)n1.I. The molecule has 25 heavy (non-hydrogen) atoms. The Morgan fingerprint density at radius 3 is 2.60 bits per heavy atom. The monoisotopic (exact) mass is 501 g/mol. The smallest absolute Gasteiger partial charge is 0.211 e.